The summed E-state index contributed by atoms with van der Waals surface area (Å²) in [6.07, 6.45) is -2.29. The van der Waals surface area contributed by atoms with Crippen LogP contribution in [0.15, 0.2) is 69.9 Å². The van der Waals surface area contributed by atoms with Crippen LogP contribution < -0.4 is 14.9 Å². The van der Waals surface area contributed by atoms with Gasteiger partial charge < -0.3 is 13.9 Å². The lowest BCUT2D eigenvalue weighted by atomic mass is 10.0. The van der Waals surface area contributed by atoms with Gasteiger partial charge in [-0.15, -0.1) is 0 Å². The van der Waals surface area contributed by atoms with Crippen LogP contribution in [0.5, 0.6) is 17.2 Å². The van der Waals surface area contributed by atoms with Gasteiger partial charge in [0.1, 0.15) is 17.1 Å². The van der Waals surface area contributed by atoms with Gasteiger partial charge in [-0.2, -0.15) is 13.2 Å². The molecule has 0 amide bonds. The van der Waals surface area contributed by atoms with Gasteiger partial charge in [-0.05, 0) is 72.4 Å². The Morgan fingerprint density at radius 3 is 2.21 bits per heavy atom. The number of carbonyl (C=O) groups is 1. The van der Waals surface area contributed by atoms with Crippen molar-refractivity contribution in [2.75, 3.05) is 0 Å². The molecule has 0 fully saturated rings. The van der Waals surface area contributed by atoms with Crippen molar-refractivity contribution >= 4 is 34.6 Å². The van der Waals surface area contributed by atoms with Crippen molar-refractivity contribution in [1.29, 1.82) is 0 Å². The van der Waals surface area contributed by atoms with Crippen LogP contribution in [0.2, 0.25) is 5.02 Å². The molecule has 0 saturated heterocycles. The van der Waals surface area contributed by atoms with Crippen LogP contribution >= 0.6 is 11.6 Å². The molecule has 39 heavy (non-hydrogen) atoms. The minimum Gasteiger partial charge on any atom is -0.449 e. The number of ether oxygens (including phenoxy) is 2. The van der Waals surface area contributed by atoms with Gasteiger partial charge in [-0.3, -0.25) is 4.79 Å². The predicted octanol–water partition coefficient (Wildman–Crippen LogP) is 8.62. The molecule has 3 aromatic carbocycles. The van der Waals surface area contributed by atoms with Crippen LogP contribution in [0.3, 0.4) is 0 Å². The van der Waals surface area contributed by atoms with Gasteiger partial charge in [0.2, 0.25) is 11.2 Å². The third-order valence-corrected chi connectivity index (χ3v) is 6.54. The molecular weight excluding hydrogens is 533 g/mol. The Morgan fingerprint density at radius 2 is 1.62 bits per heavy atom. The first-order chi connectivity index (χ1) is 18.3. The summed E-state index contributed by atoms with van der Waals surface area (Å²) in [6, 6.07) is 14.0. The van der Waals surface area contributed by atoms with Crippen LogP contribution in [0, 0.1) is 13.8 Å². The molecule has 1 aromatic heterocycles. The fourth-order valence-corrected chi connectivity index (χ4v) is 4.00. The van der Waals surface area contributed by atoms with Crippen LogP contribution in [-0.4, -0.2) is 5.97 Å². The number of hydrogen-bond acceptors (Lipinski definition) is 5. The van der Waals surface area contributed by atoms with E-state index in [-0.39, 0.29) is 16.9 Å². The molecular formula is C30H24ClF3O5. The first-order valence-electron chi connectivity index (χ1n) is 12.0. The topological polar surface area (TPSA) is 65.7 Å². The standard InChI is InChI=1S/C30H24ClF3O5/c1-16(2)20-8-5-19(6-9-20)7-12-25(35)37-21-10-11-23-24(15-21)39-29(30(32,33)34)28(27(23)36)38-22-13-17(3)26(31)18(4)14-22/h5-16H,1-4H3/b12-7+. The Kier molecular flexibility index (Phi) is 7.88. The number of halogens is 4. The number of esters is 1. The zero-order valence-corrected chi connectivity index (χ0v) is 22.2. The Labute approximate surface area is 227 Å². The second kappa shape index (κ2) is 11.0. The molecule has 0 aliphatic carbocycles. The fraction of sp³-hybridized carbons (Fsp3) is 0.200. The molecule has 5 nitrogen and oxygen atoms in total. The molecule has 0 atom stereocenters. The number of benzene rings is 3. The zero-order valence-electron chi connectivity index (χ0n) is 21.5. The van der Waals surface area contributed by atoms with E-state index in [9.17, 15) is 22.8 Å². The SMILES string of the molecule is Cc1cc(Oc2c(C(F)(F)F)oc3cc(OC(=O)/C=C/c4ccc(C(C)C)cc4)ccc3c2=O)cc(C)c1Cl. The van der Waals surface area contributed by atoms with Crippen LogP contribution in [-0.2, 0) is 11.0 Å². The molecule has 4 aromatic rings. The van der Waals surface area contributed by atoms with Gasteiger partial charge in [0.05, 0.1) is 5.39 Å². The second-order valence-electron chi connectivity index (χ2n) is 9.29. The third kappa shape index (κ3) is 6.34. The molecule has 0 N–H and O–H groups in total. The monoisotopic (exact) mass is 556 g/mol. The van der Waals surface area contributed by atoms with Gasteiger partial charge in [-0.25, -0.2) is 4.79 Å². The maximum atomic E-state index is 13.9. The predicted molar refractivity (Wildman–Crippen MR) is 144 cm³/mol. The van der Waals surface area contributed by atoms with Gasteiger partial charge >= 0.3 is 12.1 Å². The van der Waals surface area contributed by atoms with Crippen molar-refractivity contribution in [3.63, 3.8) is 0 Å². The smallest absolute Gasteiger partial charge is 0.449 e. The molecule has 0 bridgehead atoms. The summed E-state index contributed by atoms with van der Waals surface area (Å²) in [7, 11) is 0. The Bertz CT molecular complexity index is 1610. The van der Waals surface area contributed by atoms with E-state index in [4.69, 9.17) is 25.5 Å². The van der Waals surface area contributed by atoms with Crippen LogP contribution in [0.4, 0.5) is 13.2 Å². The highest BCUT2D eigenvalue weighted by Gasteiger charge is 2.40. The highest BCUT2D eigenvalue weighted by molar-refractivity contribution is 6.32. The van der Waals surface area contributed by atoms with E-state index < -0.39 is 34.7 Å². The number of hydrogen-bond donors (Lipinski definition) is 0. The molecule has 202 valence electrons. The summed E-state index contributed by atoms with van der Waals surface area (Å²) in [5.74, 6) is -3.10. The number of rotatable bonds is 6. The van der Waals surface area contributed by atoms with Gasteiger partial charge in [0, 0.05) is 17.2 Å². The largest absolute Gasteiger partial charge is 0.453 e. The van der Waals surface area contributed by atoms with E-state index in [0.717, 1.165) is 17.2 Å². The highest BCUT2D eigenvalue weighted by atomic mass is 35.5. The first-order valence-corrected chi connectivity index (χ1v) is 12.3. The summed E-state index contributed by atoms with van der Waals surface area (Å²) in [5.41, 5.74) is 1.61. The zero-order chi connectivity index (χ0) is 28.5. The van der Waals surface area contributed by atoms with Crippen molar-refractivity contribution in [1.82, 2.24) is 0 Å². The maximum Gasteiger partial charge on any atom is 0.453 e. The van der Waals surface area contributed by atoms with E-state index in [1.54, 1.807) is 19.9 Å². The van der Waals surface area contributed by atoms with Crippen molar-refractivity contribution in [3.8, 4) is 17.2 Å². The molecule has 9 heteroatoms. The number of carbonyl (C=O) groups excluding carboxylic acids is 1. The van der Waals surface area contributed by atoms with Gasteiger partial charge in [0.25, 0.3) is 5.76 Å². The summed E-state index contributed by atoms with van der Waals surface area (Å²) in [5, 5.41) is 0.255. The van der Waals surface area contributed by atoms with Crippen molar-refractivity contribution in [2.24, 2.45) is 0 Å². The Balaban J connectivity index is 1.64. The van der Waals surface area contributed by atoms with E-state index in [1.807, 2.05) is 24.3 Å². The fourth-order valence-electron chi connectivity index (χ4n) is 3.89. The quantitative estimate of drug-likeness (QED) is 0.135. The van der Waals surface area contributed by atoms with E-state index in [2.05, 4.69) is 13.8 Å². The average Bonchev–Trinajstić information content (AvgIpc) is 2.87. The van der Waals surface area contributed by atoms with Crippen LogP contribution in [0.1, 0.15) is 47.8 Å². The molecule has 0 radical (unpaired) electrons. The summed E-state index contributed by atoms with van der Waals surface area (Å²) < 4.78 is 57.4. The molecule has 0 spiro atoms. The highest BCUT2D eigenvalue weighted by Crippen LogP contribution is 2.39. The van der Waals surface area contributed by atoms with E-state index in [1.165, 1.54) is 30.3 Å². The third-order valence-electron chi connectivity index (χ3n) is 5.94. The van der Waals surface area contributed by atoms with E-state index >= 15 is 0 Å². The van der Waals surface area contributed by atoms with Crippen molar-refractivity contribution in [3.05, 3.63) is 104 Å². The molecule has 0 aliphatic heterocycles. The molecule has 0 saturated carbocycles. The second-order valence-corrected chi connectivity index (χ2v) is 9.67. The molecule has 4 rings (SSSR count). The number of alkyl halides is 3. The maximum absolute atomic E-state index is 13.9. The molecule has 0 aliphatic rings. The molecule has 0 unspecified atom stereocenters. The minimum atomic E-state index is -5.04. The lowest BCUT2D eigenvalue weighted by molar-refractivity contribution is -0.154. The average molecular weight is 557 g/mol. The normalized spacial score (nSPS) is 11.9. The number of aryl methyl sites for hydroxylation is 2. The molecule has 1 heterocycles. The van der Waals surface area contributed by atoms with Gasteiger partial charge in [-0.1, -0.05) is 49.7 Å². The number of fused-ring (bicyclic) bond motifs is 1. The Morgan fingerprint density at radius 1 is 0.974 bits per heavy atom. The summed E-state index contributed by atoms with van der Waals surface area (Å²) >= 11 is 6.13. The van der Waals surface area contributed by atoms with Gasteiger partial charge in [0.15, 0.2) is 0 Å². The Hall–Kier alpha value is -4.04. The first kappa shape index (κ1) is 28.0. The summed E-state index contributed by atoms with van der Waals surface area (Å²) in [4.78, 5) is 25.4. The minimum absolute atomic E-state index is 0.00253. The lowest BCUT2D eigenvalue weighted by Gasteiger charge is -2.14. The van der Waals surface area contributed by atoms with Crippen LogP contribution in [0.25, 0.3) is 17.0 Å². The summed E-state index contributed by atoms with van der Waals surface area (Å²) in [6.45, 7) is 7.47. The van der Waals surface area contributed by atoms with E-state index in [0.29, 0.717) is 22.1 Å². The van der Waals surface area contributed by atoms with Crippen molar-refractivity contribution in [2.45, 2.75) is 39.8 Å². The lowest BCUT2D eigenvalue weighted by Crippen LogP contribution is -2.15. The van der Waals surface area contributed by atoms with Crippen molar-refractivity contribution < 1.29 is 31.9 Å².